The van der Waals surface area contributed by atoms with E-state index in [9.17, 15) is 0 Å². The van der Waals surface area contributed by atoms with Crippen LogP contribution in [0.5, 0.6) is 0 Å². The van der Waals surface area contributed by atoms with Crippen LogP contribution in [0.2, 0.25) is 0 Å². The molecule has 1 saturated carbocycles. The van der Waals surface area contributed by atoms with E-state index in [-0.39, 0.29) is 0 Å². The summed E-state index contributed by atoms with van der Waals surface area (Å²) in [7, 11) is 0. The lowest BCUT2D eigenvalue weighted by atomic mass is 9.84. The summed E-state index contributed by atoms with van der Waals surface area (Å²) in [6.07, 6.45) is 11.7. The van der Waals surface area contributed by atoms with Gasteiger partial charge in [-0.15, -0.1) is 0 Å². The van der Waals surface area contributed by atoms with Crippen molar-refractivity contribution in [2.24, 2.45) is 5.92 Å². The van der Waals surface area contributed by atoms with Gasteiger partial charge in [0.15, 0.2) is 0 Å². The summed E-state index contributed by atoms with van der Waals surface area (Å²) in [5, 5.41) is 0. The van der Waals surface area contributed by atoms with Gasteiger partial charge in [-0.25, -0.2) is 0 Å². The van der Waals surface area contributed by atoms with Crippen molar-refractivity contribution in [2.75, 3.05) is 26.2 Å². The number of rotatable bonds is 2. The van der Waals surface area contributed by atoms with Gasteiger partial charge >= 0.3 is 0 Å². The highest BCUT2D eigenvalue weighted by atomic mass is 15.3. The second kappa shape index (κ2) is 5.92. The second-order valence-corrected chi connectivity index (χ2v) is 6.82. The van der Waals surface area contributed by atoms with E-state index in [4.69, 9.17) is 0 Å². The quantitative estimate of drug-likeness (QED) is 0.743. The molecule has 2 nitrogen and oxygen atoms in total. The van der Waals surface area contributed by atoms with Crippen LogP contribution in [0.1, 0.15) is 58.3 Å². The molecule has 0 aromatic carbocycles. The molecule has 18 heavy (non-hydrogen) atoms. The fraction of sp³-hybridized carbons (Fsp3) is 1.00. The van der Waals surface area contributed by atoms with Crippen LogP contribution in [0.25, 0.3) is 0 Å². The van der Waals surface area contributed by atoms with Crippen LogP contribution in [-0.4, -0.2) is 48.1 Å². The molecule has 3 fully saturated rings. The highest BCUT2D eigenvalue weighted by molar-refractivity contribution is 4.88. The molecule has 2 unspecified atom stereocenters. The Hall–Kier alpha value is -0.0800. The summed E-state index contributed by atoms with van der Waals surface area (Å²) in [5.41, 5.74) is 0. The Morgan fingerprint density at radius 3 is 2.44 bits per heavy atom. The molecule has 0 N–H and O–H groups in total. The minimum Gasteiger partial charge on any atom is -0.299 e. The van der Waals surface area contributed by atoms with Gasteiger partial charge in [0.1, 0.15) is 0 Å². The van der Waals surface area contributed by atoms with Crippen LogP contribution in [0.15, 0.2) is 0 Å². The molecule has 104 valence electrons. The SMILES string of the molecule is CC(C1CCCCC1)N1CCCN2CCCC2C1. The summed E-state index contributed by atoms with van der Waals surface area (Å²) < 4.78 is 0. The molecule has 3 aliphatic rings. The fourth-order valence-electron chi connectivity index (χ4n) is 4.52. The van der Waals surface area contributed by atoms with Gasteiger partial charge in [-0.3, -0.25) is 9.80 Å². The zero-order valence-electron chi connectivity index (χ0n) is 12.1. The van der Waals surface area contributed by atoms with Gasteiger partial charge in [0, 0.05) is 18.6 Å². The summed E-state index contributed by atoms with van der Waals surface area (Å²) in [5.74, 6) is 0.992. The third-order valence-electron chi connectivity index (χ3n) is 5.74. The first-order chi connectivity index (χ1) is 8.84. The van der Waals surface area contributed by atoms with Crippen LogP contribution in [0.4, 0.5) is 0 Å². The van der Waals surface area contributed by atoms with Crippen LogP contribution in [0.3, 0.4) is 0 Å². The Morgan fingerprint density at radius 2 is 1.61 bits per heavy atom. The average molecular weight is 250 g/mol. The molecular weight excluding hydrogens is 220 g/mol. The summed E-state index contributed by atoms with van der Waals surface area (Å²) in [6.45, 7) is 7.96. The van der Waals surface area contributed by atoms with E-state index in [1.807, 2.05) is 0 Å². The first-order valence-electron chi connectivity index (χ1n) is 8.32. The standard InChI is InChI=1S/C16H30N2/c1-14(15-7-3-2-4-8-15)18-12-6-11-17-10-5-9-16(17)13-18/h14-16H,2-13H2,1H3. The summed E-state index contributed by atoms with van der Waals surface area (Å²) >= 11 is 0. The molecule has 0 bridgehead atoms. The first kappa shape index (κ1) is 12.9. The lowest BCUT2D eigenvalue weighted by molar-refractivity contribution is 0.119. The molecule has 2 heterocycles. The first-order valence-corrected chi connectivity index (χ1v) is 8.32. The van der Waals surface area contributed by atoms with E-state index >= 15 is 0 Å². The number of hydrogen-bond acceptors (Lipinski definition) is 2. The minimum atomic E-state index is 0.839. The molecule has 0 aromatic heterocycles. The zero-order chi connectivity index (χ0) is 12.4. The molecule has 1 aliphatic carbocycles. The van der Waals surface area contributed by atoms with Gasteiger partial charge in [0.05, 0.1) is 0 Å². The largest absolute Gasteiger partial charge is 0.299 e. The van der Waals surface area contributed by atoms with E-state index in [0.717, 1.165) is 18.0 Å². The van der Waals surface area contributed by atoms with Crippen molar-refractivity contribution in [2.45, 2.75) is 70.4 Å². The maximum absolute atomic E-state index is 2.84. The van der Waals surface area contributed by atoms with Gasteiger partial charge in [-0.05, 0) is 64.6 Å². The molecule has 0 aromatic rings. The van der Waals surface area contributed by atoms with Crippen molar-refractivity contribution in [3.8, 4) is 0 Å². The van der Waals surface area contributed by atoms with Crippen molar-refractivity contribution >= 4 is 0 Å². The molecule has 2 atom stereocenters. The smallest absolute Gasteiger partial charge is 0.0223 e. The fourth-order valence-corrected chi connectivity index (χ4v) is 4.52. The van der Waals surface area contributed by atoms with E-state index in [2.05, 4.69) is 16.7 Å². The number of fused-ring (bicyclic) bond motifs is 1. The highest BCUT2D eigenvalue weighted by Crippen LogP contribution is 2.31. The summed E-state index contributed by atoms with van der Waals surface area (Å²) in [4.78, 5) is 5.60. The predicted octanol–water partition coefficient (Wildman–Crippen LogP) is 3.13. The van der Waals surface area contributed by atoms with Crippen molar-refractivity contribution in [3.05, 3.63) is 0 Å². The Balaban J connectivity index is 1.59. The van der Waals surface area contributed by atoms with E-state index in [0.29, 0.717) is 0 Å². The topological polar surface area (TPSA) is 6.48 Å². The van der Waals surface area contributed by atoms with Gasteiger partial charge in [-0.2, -0.15) is 0 Å². The molecule has 0 radical (unpaired) electrons. The van der Waals surface area contributed by atoms with Crippen molar-refractivity contribution in [1.29, 1.82) is 0 Å². The molecular formula is C16H30N2. The Kier molecular flexibility index (Phi) is 4.25. The number of hydrogen-bond donors (Lipinski definition) is 0. The van der Waals surface area contributed by atoms with Gasteiger partial charge in [-0.1, -0.05) is 19.3 Å². The van der Waals surface area contributed by atoms with Crippen LogP contribution in [-0.2, 0) is 0 Å². The molecule has 0 spiro atoms. The lowest BCUT2D eigenvalue weighted by Gasteiger charge is -2.37. The lowest BCUT2D eigenvalue weighted by Crippen LogP contribution is -2.44. The van der Waals surface area contributed by atoms with Crippen LogP contribution in [0, 0.1) is 5.92 Å². The van der Waals surface area contributed by atoms with Crippen molar-refractivity contribution in [1.82, 2.24) is 9.80 Å². The Morgan fingerprint density at radius 1 is 0.833 bits per heavy atom. The van der Waals surface area contributed by atoms with Crippen molar-refractivity contribution in [3.63, 3.8) is 0 Å². The minimum absolute atomic E-state index is 0.839. The van der Waals surface area contributed by atoms with Gasteiger partial charge in [0.25, 0.3) is 0 Å². The zero-order valence-corrected chi connectivity index (χ0v) is 12.1. The van der Waals surface area contributed by atoms with Crippen molar-refractivity contribution < 1.29 is 0 Å². The van der Waals surface area contributed by atoms with Crippen LogP contribution < -0.4 is 0 Å². The maximum atomic E-state index is 2.84. The van der Waals surface area contributed by atoms with Gasteiger partial charge in [0.2, 0.25) is 0 Å². The average Bonchev–Trinajstić information content (AvgIpc) is 2.76. The summed E-state index contributed by atoms with van der Waals surface area (Å²) in [6, 6.07) is 1.73. The predicted molar refractivity (Wildman–Crippen MR) is 76.8 cm³/mol. The monoisotopic (exact) mass is 250 g/mol. The molecule has 2 heteroatoms. The third-order valence-corrected chi connectivity index (χ3v) is 5.74. The molecule has 2 saturated heterocycles. The third kappa shape index (κ3) is 2.75. The molecule has 2 aliphatic heterocycles. The highest BCUT2D eigenvalue weighted by Gasteiger charge is 2.32. The normalized spacial score (nSPS) is 34.2. The Bertz CT molecular complexity index is 260. The van der Waals surface area contributed by atoms with E-state index in [1.165, 1.54) is 77.5 Å². The van der Waals surface area contributed by atoms with Crippen LogP contribution >= 0.6 is 0 Å². The van der Waals surface area contributed by atoms with Gasteiger partial charge < -0.3 is 0 Å². The second-order valence-electron chi connectivity index (χ2n) is 6.82. The maximum Gasteiger partial charge on any atom is 0.0223 e. The van der Waals surface area contributed by atoms with E-state index in [1.54, 1.807) is 0 Å². The van der Waals surface area contributed by atoms with E-state index < -0.39 is 0 Å². The molecule has 0 amide bonds. The Labute approximate surface area is 113 Å². The molecule has 3 rings (SSSR count). The number of nitrogens with zero attached hydrogens (tertiary/aromatic N) is 2.